The number of aromatic nitrogens is 1. The number of hydrogen-bond acceptors (Lipinski definition) is 3. The van der Waals surface area contributed by atoms with E-state index >= 15 is 0 Å². The van der Waals surface area contributed by atoms with E-state index in [1.54, 1.807) is 12.3 Å². The molecule has 1 aliphatic carbocycles. The average molecular weight is 337 g/mol. The lowest BCUT2D eigenvalue weighted by Crippen LogP contribution is -2.11. The van der Waals surface area contributed by atoms with Gasteiger partial charge in [-0.2, -0.15) is 0 Å². The molecule has 3 rings (SSSR count). The second-order valence-corrected chi connectivity index (χ2v) is 7.02. The fourth-order valence-electron chi connectivity index (χ4n) is 3.64. The largest absolute Gasteiger partial charge is 0.478 e. The van der Waals surface area contributed by atoms with E-state index < -0.39 is 5.97 Å². The maximum Gasteiger partial charge on any atom is 0.337 e. The van der Waals surface area contributed by atoms with Crippen molar-refractivity contribution >= 4 is 11.8 Å². The summed E-state index contributed by atoms with van der Waals surface area (Å²) < 4.78 is 0. The number of hydrogen-bond donors (Lipinski definition) is 1. The Balaban J connectivity index is 1.74. The SMILES string of the molecule is CC1CCCC(=O)CC1c1ccc(Cc2cncc(C(=O)O)c2)cc1. The van der Waals surface area contributed by atoms with E-state index in [1.165, 1.54) is 11.8 Å². The van der Waals surface area contributed by atoms with Gasteiger partial charge in [0.05, 0.1) is 5.56 Å². The Morgan fingerprint density at radius 3 is 2.68 bits per heavy atom. The molecule has 2 aromatic rings. The molecule has 4 heteroatoms. The molecule has 0 saturated heterocycles. The van der Waals surface area contributed by atoms with Crippen molar-refractivity contribution < 1.29 is 14.7 Å². The van der Waals surface area contributed by atoms with Gasteiger partial charge in [-0.1, -0.05) is 31.2 Å². The van der Waals surface area contributed by atoms with E-state index in [9.17, 15) is 9.59 Å². The molecular weight excluding hydrogens is 314 g/mol. The van der Waals surface area contributed by atoms with Crippen LogP contribution in [0.25, 0.3) is 0 Å². The fraction of sp³-hybridized carbons (Fsp3) is 0.381. The fourth-order valence-corrected chi connectivity index (χ4v) is 3.64. The zero-order chi connectivity index (χ0) is 17.8. The summed E-state index contributed by atoms with van der Waals surface area (Å²) in [5.74, 6) is 0.238. The minimum absolute atomic E-state index is 0.208. The number of rotatable bonds is 4. The van der Waals surface area contributed by atoms with Crippen LogP contribution in [-0.4, -0.2) is 21.8 Å². The van der Waals surface area contributed by atoms with E-state index in [0.717, 1.165) is 24.0 Å². The maximum absolute atomic E-state index is 12.0. The third kappa shape index (κ3) is 4.32. The number of aromatic carboxylic acids is 1. The van der Waals surface area contributed by atoms with Crippen LogP contribution < -0.4 is 0 Å². The molecular formula is C21H23NO3. The lowest BCUT2D eigenvalue weighted by molar-refractivity contribution is -0.119. The number of carbonyl (C=O) groups is 2. The van der Waals surface area contributed by atoms with Gasteiger partial charge in [0.1, 0.15) is 5.78 Å². The Kier molecular flexibility index (Phi) is 5.27. The maximum atomic E-state index is 12.0. The molecule has 0 aliphatic heterocycles. The Bertz CT molecular complexity index is 767. The Hall–Kier alpha value is -2.49. The summed E-state index contributed by atoms with van der Waals surface area (Å²) in [4.78, 5) is 27.0. The average Bonchev–Trinajstić information content (AvgIpc) is 2.77. The quantitative estimate of drug-likeness (QED) is 0.848. The number of carboxylic acids is 1. The van der Waals surface area contributed by atoms with E-state index in [0.29, 0.717) is 36.9 Å². The van der Waals surface area contributed by atoms with Crippen molar-refractivity contribution in [2.24, 2.45) is 5.92 Å². The van der Waals surface area contributed by atoms with Gasteiger partial charge in [0.25, 0.3) is 0 Å². The first kappa shape index (κ1) is 17.3. The van der Waals surface area contributed by atoms with Crippen LogP contribution in [0.1, 0.15) is 65.6 Å². The minimum atomic E-state index is -0.961. The standard InChI is InChI=1S/C21H23NO3/c1-14-3-2-4-19(23)11-20(14)17-7-5-15(6-8-17)9-16-10-18(21(24)25)13-22-12-16/h5-8,10,12-14,20H,2-4,9,11H2,1H3,(H,24,25). The molecule has 1 fully saturated rings. The summed E-state index contributed by atoms with van der Waals surface area (Å²) in [5.41, 5.74) is 3.43. The highest BCUT2D eigenvalue weighted by Gasteiger charge is 2.25. The first-order valence-electron chi connectivity index (χ1n) is 8.80. The lowest BCUT2D eigenvalue weighted by Gasteiger charge is -2.21. The molecule has 0 bridgehead atoms. The Morgan fingerprint density at radius 1 is 1.20 bits per heavy atom. The smallest absolute Gasteiger partial charge is 0.337 e. The predicted octanol–water partition coefficient (Wildman–Crippen LogP) is 4.23. The number of Topliss-reactive ketones (excluding diaryl/α,β-unsaturated/α-hetero) is 1. The number of pyridine rings is 1. The summed E-state index contributed by atoms with van der Waals surface area (Å²) in [6, 6.07) is 10.0. The van der Waals surface area contributed by atoms with Gasteiger partial charge in [0.15, 0.2) is 0 Å². The summed E-state index contributed by atoms with van der Waals surface area (Å²) >= 11 is 0. The summed E-state index contributed by atoms with van der Waals surface area (Å²) in [7, 11) is 0. The highest BCUT2D eigenvalue weighted by molar-refractivity contribution is 5.87. The van der Waals surface area contributed by atoms with Gasteiger partial charge in [0.2, 0.25) is 0 Å². The zero-order valence-corrected chi connectivity index (χ0v) is 14.4. The molecule has 1 saturated carbocycles. The molecule has 0 amide bonds. The minimum Gasteiger partial charge on any atom is -0.478 e. The van der Waals surface area contributed by atoms with Gasteiger partial charge < -0.3 is 5.11 Å². The van der Waals surface area contributed by atoms with Crippen molar-refractivity contribution in [1.29, 1.82) is 0 Å². The molecule has 1 aromatic carbocycles. The summed E-state index contributed by atoms with van der Waals surface area (Å²) in [6.07, 6.45) is 7.17. The van der Waals surface area contributed by atoms with Gasteiger partial charge in [-0.3, -0.25) is 9.78 Å². The molecule has 1 aromatic heterocycles. The van der Waals surface area contributed by atoms with E-state index in [-0.39, 0.29) is 5.56 Å². The van der Waals surface area contributed by atoms with Crippen molar-refractivity contribution in [3.63, 3.8) is 0 Å². The first-order valence-corrected chi connectivity index (χ1v) is 8.80. The number of benzene rings is 1. The van der Waals surface area contributed by atoms with Gasteiger partial charge in [-0.15, -0.1) is 0 Å². The van der Waals surface area contributed by atoms with Crippen molar-refractivity contribution in [3.05, 3.63) is 65.0 Å². The molecule has 1 aliphatic rings. The third-order valence-electron chi connectivity index (χ3n) is 5.11. The van der Waals surface area contributed by atoms with Gasteiger partial charge in [-0.25, -0.2) is 4.79 Å². The van der Waals surface area contributed by atoms with Crippen LogP contribution in [0.15, 0.2) is 42.7 Å². The van der Waals surface area contributed by atoms with Crippen molar-refractivity contribution in [3.8, 4) is 0 Å². The molecule has 1 heterocycles. The number of carboxylic acid groups (broad SMARTS) is 1. The van der Waals surface area contributed by atoms with Crippen LogP contribution in [0.4, 0.5) is 0 Å². The second-order valence-electron chi connectivity index (χ2n) is 7.02. The lowest BCUT2D eigenvalue weighted by atomic mass is 9.83. The summed E-state index contributed by atoms with van der Waals surface area (Å²) in [6.45, 7) is 2.24. The Labute approximate surface area is 147 Å². The van der Waals surface area contributed by atoms with Crippen molar-refractivity contribution in [2.75, 3.05) is 0 Å². The van der Waals surface area contributed by atoms with Crippen LogP contribution in [0.3, 0.4) is 0 Å². The first-order chi connectivity index (χ1) is 12.0. The molecule has 0 spiro atoms. The second kappa shape index (κ2) is 7.60. The van der Waals surface area contributed by atoms with Gasteiger partial charge >= 0.3 is 5.97 Å². The summed E-state index contributed by atoms with van der Waals surface area (Å²) in [5, 5.41) is 9.06. The molecule has 4 nitrogen and oxygen atoms in total. The highest BCUT2D eigenvalue weighted by atomic mass is 16.4. The van der Waals surface area contributed by atoms with Crippen molar-refractivity contribution in [1.82, 2.24) is 4.98 Å². The molecule has 0 radical (unpaired) electrons. The van der Waals surface area contributed by atoms with E-state index in [4.69, 9.17) is 5.11 Å². The normalized spacial score (nSPS) is 20.9. The van der Waals surface area contributed by atoms with E-state index in [2.05, 4.69) is 36.2 Å². The highest BCUT2D eigenvalue weighted by Crippen LogP contribution is 2.35. The van der Waals surface area contributed by atoms with Crippen molar-refractivity contribution in [2.45, 2.75) is 44.9 Å². The van der Waals surface area contributed by atoms with Crippen LogP contribution in [0.2, 0.25) is 0 Å². The van der Waals surface area contributed by atoms with Crippen LogP contribution >= 0.6 is 0 Å². The molecule has 130 valence electrons. The Morgan fingerprint density at radius 2 is 1.96 bits per heavy atom. The van der Waals surface area contributed by atoms with Crippen LogP contribution in [0, 0.1) is 5.92 Å². The van der Waals surface area contributed by atoms with Gasteiger partial charge in [0, 0.05) is 25.2 Å². The number of carbonyl (C=O) groups excluding carboxylic acids is 1. The molecule has 2 atom stereocenters. The topological polar surface area (TPSA) is 67.3 Å². The predicted molar refractivity (Wildman–Crippen MR) is 95.8 cm³/mol. The molecule has 1 N–H and O–H groups in total. The third-order valence-corrected chi connectivity index (χ3v) is 5.11. The number of nitrogens with zero attached hydrogens (tertiary/aromatic N) is 1. The van der Waals surface area contributed by atoms with E-state index in [1.807, 2.05) is 0 Å². The molecule has 2 unspecified atom stereocenters. The number of ketones is 1. The zero-order valence-electron chi connectivity index (χ0n) is 14.4. The van der Waals surface area contributed by atoms with Crippen LogP contribution in [0.5, 0.6) is 0 Å². The monoisotopic (exact) mass is 337 g/mol. The van der Waals surface area contributed by atoms with Crippen LogP contribution in [-0.2, 0) is 11.2 Å². The molecule has 25 heavy (non-hydrogen) atoms. The van der Waals surface area contributed by atoms with Gasteiger partial charge in [-0.05, 0) is 53.9 Å².